The zero-order chi connectivity index (χ0) is 19.5. The van der Waals surface area contributed by atoms with E-state index in [2.05, 4.69) is 10.3 Å². The van der Waals surface area contributed by atoms with Gasteiger partial charge in [0.25, 0.3) is 11.5 Å². The SMILES string of the molecule is O=C(NCc1ccccc1)c1ccc(-n2c(=S)[nH]c3ccccc3c2=O)cc1. The summed E-state index contributed by atoms with van der Waals surface area (Å²) >= 11 is 5.36. The summed E-state index contributed by atoms with van der Waals surface area (Å²) in [7, 11) is 0. The van der Waals surface area contributed by atoms with E-state index >= 15 is 0 Å². The molecule has 0 saturated carbocycles. The van der Waals surface area contributed by atoms with E-state index in [-0.39, 0.29) is 11.5 Å². The van der Waals surface area contributed by atoms with Crippen LogP contribution in [0.15, 0.2) is 83.7 Å². The van der Waals surface area contributed by atoms with Crippen LogP contribution in [0.25, 0.3) is 16.6 Å². The lowest BCUT2D eigenvalue weighted by Gasteiger charge is -2.09. The van der Waals surface area contributed by atoms with Crippen LogP contribution in [0.5, 0.6) is 0 Å². The summed E-state index contributed by atoms with van der Waals surface area (Å²) in [5, 5.41) is 3.44. The van der Waals surface area contributed by atoms with Gasteiger partial charge in [-0.3, -0.25) is 14.2 Å². The van der Waals surface area contributed by atoms with Gasteiger partial charge in [0.05, 0.1) is 16.6 Å². The van der Waals surface area contributed by atoms with Crippen molar-refractivity contribution in [3.8, 4) is 5.69 Å². The van der Waals surface area contributed by atoms with Crippen LogP contribution in [-0.2, 0) is 6.54 Å². The number of carbonyl (C=O) groups is 1. The number of nitrogens with one attached hydrogen (secondary N) is 2. The highest BCUT2D eigenvalue weighted by Crippen LogP contribution is 2.12. The first-order valence-electron chi connectivity index (χ1n) is 8.80. The molecule has 1 heterocycles. The summed E-state index contributed by atoms with van der Waals surface area (Å²) < 4.78 is 1.74. The highest BCUT2D eigenvalue weighted by Gasteiger charge is 2.09. The number of benzene rings is 3. The molecule has 0 atom stereocenters. The highest BCUT2D eigenvalue weighted by atomic mass is 32.1. The number of para-hydroxylation sites is 1. The summed E-state index contributed by atoms with van der Waals surface area (Å²) in [6.07, 6.45) is 0. The topological polar surface area (TPSA) is 66.9 Å². The van der Waals surface area contributed by atoms with Crippen molar-refractivity contribution in [2.24, 2.45) is 0 Å². The lowest BCUT2D eigenvalue weighted by Crippen LogP contribution is -2.23. The van der Waals surface area contributed by atoms with Crippen molar-refractivity contribution in [1.82, 2.24) is 14.9 Å². The van der Waals surface area contributed by atoms with E-state index in [9.17, 15) is 9.59 Å². The third-order valence-corrected chi connectivity index (χ3v) is 4.77. The summed E-state index contributed by atoms with van der Waals surface area (Å²) in [5.41, 5.74) is 2.66. The Kier molecular flexibility index (Phi) is 4.87. The molecule has 1 aromatic heterocycles. The van der Waals surface area contributed by atoms with Crippen molar-refractivity contribution >= 4 is 29.0 Å². The number of H-pyrrole nitrogens is 1. The van der Waals surface area contributed by atoms with Crippen LogP contribution in [0.1, 0.15) is 15.9 Å². The number of rotatable bonds is 4. The van der Waals surface area contributed by atoms with Crippen molar-refractivity contribution in [1.29, 1.82) is 0 Å². The molecule has 0 unspecified atom stereocenters. The lowest BCUT2D eigenvalue weighted by atomic mass is 10.1. The van der Waals surface area contributed by atoms with E-state index in [1.807, 2.05) is 48.5 Å². The van der Waals surface area contributed by atoms with Crippen LogP contribution in [0, 0.1) is 4.77 Å². The minimum atomic E-state index is -0.194. The zero-order valence-corrected chi connectivity index (χ0v) is 15.7. The first-order chi connectivity index (χ1) is 13.6. The predicted molar refractivity (Wildman–Crippen MR) is 112 cm³/mol. The molecule has 28 heavy (non-hydrogen) atoms. The van der Waals surface area contributed by atoms with Crippen molar-refractivity contribution in [2.45, 2.75) is 6.54 Å². The molecule has 0 aliphatic carbocycles. The largest absolute Gasteiger partial charge is 0.348 e. The minimum absolute atomic E-state index is 0.175. The van der Waals surface area contributed by atoms with Gasteiger partial charge in [-0.1, -0.05) is 42.5 Å². The maximum absolute atomic E-state index is 12.8. The standard InChI is InChI=1S/C22H17N3O2S/c26-20(23-14-15-6-2-1-3-7-15)16-10-12-17(13-11-16)25-21(27)18-8-4-5-9-19(18)24-22(25)28/h1-13H,14H2,(H,23,26)(H,24,28). The van der Waals surface area contributed by atoms with Gasteiger partial charge < -0.3 is 10.3 Å². The first kappa shape index (κ1) is 17.9. The molecule has 4 rings (SSSR count). The Morgan fingerprint density at radius 2 is 1.61 bits per heavy atom. The predicted octanol–water partition coefficient (Wildman–Crippen LogP) is 3.98. The monoisotopic (exact) mass is 387 g/mol. The van der Waals surface area contributed by atoms with Crippen molar-refractivity contribution in [3.63, 3.8) is 0 Å². The third-order valence-electron chi connectivity index (χ3n) is 4.49. The van der Waals surface area contributed by atoms with Gasteiger partial charge in [0.1, 0.15) is 0 Å². The van der Waals surface area contributed by atoms with Gasteiger partial charge in [-0.05, 0) is 54.2 Å². The molecule has 5 nitrogen and oxygen atoms in total. The molecule has 2 N–H and O–H groups in total. The van der Waals surface area contributed by atoms with Crippen LogP contribution >= 0.6 is 12.2 Å². The van der Waals surface area contributed by atoms with Crippen molar-refractivity contribution in [2.75, 3.05) is 0 Å². The molecule has 138 valence electrons. The molecule has 0 spiro atoms. The van der Waals surface area contributed by atoms with E-state index in [1.165, 1.54) is 4.57 Å². The van der Waals surface area contributed by atoms with Crippen LogP contribution in [0.4, 0.5) is 0 Å². The van der Waals surface area contributed by atoms with E-state index < -0.39 is 0 Å². The smallest absolute Gasteiger partial charge is 0.266 e. The summed E-state index contributed by atoms with van der Waals surface area (Å²) in [4.78, 5) is 28.3. The Morgan fingerprint density at radius 3 is 2.36 bits per heavy atom. The minimum Gasteiger partial charge on any atom is -0.348 e. The Balaban J connectivity index is 1.60. The second-order valence-electron chi connectivity index (χ2n) is 6.33. The van der Waals surface area contributed by atoms with Gasteiger partial charge in [-0.2, -0.15) is 0 Å². The Bertz CT molecular complexity index is 1260. The molecular weight excluding hydrogens is 370 g/mol. The number of aromatic nitrogens is 2. The van der Waals surface area contributed by atoms with E-state index in [4.69, 9.17) is 12.2 Å². The Hall–Kier alpha value is -3.51. The average molecular weight is 387 g/mol. The quantitative estimate of drug-likeness (QED) is 0.521. The number of hydrogen-bond donors (Lipinski definition) is 2. The Morgan fingerprint density at radius 1 is 0.929 bits per heavy atom. The number of aromatic amines is 1. The van der Waals surface area contributed by atoms with Crippen molar-refractivity contribution in [3.05, 3.63) is 105 Å². The molecule has 0 radical (unpaired) electrons. The average Bonchev–Trinajstić information content (AvgIpc) is 2.73. The molecule has 0 aliphatic heterocycles. The fraction of sp³-hybridized carbons (Fsp3) is 0.0455. The number of fused-ring (bicyclic) bond motifs is 1. The fourth-order valence-corrected chi connectivity index (χ4v) is 3.34. The van der Waals surface area contributed by atoms with Gasteiger partial charge >= 0.3 is 0 Å². The molecule has 0 bridgehead atoms. The van der Waals surface area contributed by atoms with Gasteiger partial charge in [0.2, 0.25) is 0 Å². The van der Waals surface area contributed by atoms with E-state index in [1.54, 1.807) is 30.3 Å². The first-order valence-corrected chi connectivity index (χ1v) is 9.21. The van der Waals surface area contributed by atoms with Crippen LogP contribution < -0.4 is 10.9 Å². The van der Waals surface area contributed by atoms with E-state index in [0.29, 0.717) is 33.5 Å². The molecule has 0 saturated heterocycles. The van der Waals surface area contributed by atoms with Crippen molar-refractivity contribution < 1.29 is 4.79 Å². The maximum atomic E-state index is 12.8. The molecular formula is C22H17N3O2S. The second-order valence-corrected chi connectivity index (χ2v) is 6.72. The van der Waals surface area contributed by atoms with Crippen LogP contribution in [-0.4, -0.2) is 15.5 Å². The fourth-order valence-electron chi connectivity index (χ4n) is 3.04. The molecule has 0 fully saturated rings. The maximum Gasteiger partial charge on any atom is 0.266 e. The molecule has 3 aromatic carbocycles. The van der Waals surface area contributed by atoms with Gasteiger partial charge in [-0.15, -0.1) is 0 Å². The zero-order valence-electron chi connectivity index (χ0n) is 14.9. The summed E-state index contributed by atoms with van der Waals surface area (Å²) in [6, 6.07) is 23.7. The third kappa shape index (κ3) is 3.50. The van der Waals surface area contributed by atoms with E-state index in [0.717, 1.165) is 5.56 Å². The number of nitrogens with zero attached hydrogens (tertiary/aromatic N) is 1. The number of amides is 1. The van der Waals surface area contributed by atoms with Gasteiger partial charge in [0, 0.05) is 12.1 Å². The van der Waals surface area contributed by atoms with Crippen LogP contribution in [0.2, 0.25) is 0 Å². The lowest BCUT2D eigenvalue weighted by molar-refractivity contribution is 0.0951. The van der Waals surface area contributed by atoms with Gasteiger partial charge in [0.15, 0.2) is 4.77 Å². The molecule has 1 amide bonds. The highest BCUT2D eigenvalue weighted by molar-refractivity contribution is 7.71. The number of carbonyl (C=O) groups excluding carboxylic acids is 1. The van der Waals surface area contributed by atoms with Gasteiger partial charge in [-0.25, -0.2) is 0 Å². The second kappa shape index (κ2) is 7.62. The Labute approximate surface area is 166 Å². The molecule has 6 heteroatoms. The summed E-state index contributed by atoms with van der Waals surface area (Å²) in [5.74, 6) is -0.175. The summed E-state index contributed by atoms with van der Waals surface area (Å²) in [6.45, 7) is 0.455. The van der Waals surface area contributed by atoms with Crippen LogP contribution in [0.3, 0.4) is 0 Å². The molecule has 0 aliphatic rings. The normalized spacial score (nSPS) is 10.7. The number of hydrogen-bond acceptors (Lipinski definition) is 3. The molecule has 4 aromatic rings.